The van der Waals surface area contributed by atoms with Crippen LogP contribution in [-0.4, -0.2) is 9.97 Å². The van der Waals surface area contributed by atoms with Crippen LogP contribution in [0.2, 0.25) is 0 Å². The van der Waals surface area contributed by atoms with Gasteiger partial charge in [-0.15, -0.1) is 11.3 Å². The Morgan fingerprint density at radius 2 is 1.94 bits per heavy atom. The van der Waals surface area contributed by atoms with Crippen molar-refractivity contribution in [1.29, 1.82) is 0 Å². The Morgan fingerprint density at radius 3 is 2.56 bits per heavy atom. The lowest BCUT2D eigenvalue weighted by molar-refractivity contribution is 0.673. The van der Waals surface area contributed by atoms with Crippen molar-refractivity contribution in [2.45, 2.75) is 25.8 Å². The van der Waals surface area contributed by atoms with E-state index in [0.29, 0.717) is 5.82 Å². The molecule has 0 spiro atoms. The maximum atomic E-state index is 6.06. The summed E-state index contributed by atoms with van der Waals surface area (Å²) in [7, 11) is 0. The smallest absolute Gasteiger partial charge is 0.145 e. The van der Waals surface area contributed by atoms with E-state index in [1.807, 2.05) is 11.3 Å². The molecule has 0 radical (unpaired) electrons. The van der Waals surface area contributed by atoms with Gasteiger partial charge < -0.3 is 5.73 Å². The highest BCUT2D eigenvalue weighted by Crippen LogP contribution is 2.21. The summed E-state index contributed by atoms with van der Waals surface area (Å²) in [5.74, 6) is 0.717. The van der Waals surface area contributed by atoms with Crippen LogP contribution in [0.5, 0.6) is 0 Å². The highest BCUT2D eigenvalue weighted by Gasteiger charge is 2.10. The van der Waals surface area contributed by atoms with Gasteiger partial charge in [0.25, 0.3) is 0 Å². The van der Waals surface area contributed by atoms with E-state index in [4.69, 9.17) is 5.73 Å². The fraction of sp³-hybridized carbons (Fsp3) is 0.333. The summed E-state index contributed by atoms with van der Waals surface area (Å²) in [6.07, 6.45) is 5.36. The zero-order chi connectivity index (χ0) is 11.4. The molecule has 84 valence electrons. The Morgan fingerprint density at radius 1 is 1.25 bits per heavy atom. The largest absolute Gasteiger partial charge is 0.321 e. The van der Waals surface area contributed by atoms with Gasteiger partial charge in [-0.25, -0.2) is 9.97 Å². The van der Waals surface area contributed by atoms with Crippen LogP contribution < -0.4 is 5.73 Å². The first-order valence-corrected chi connectivity index (χ1v) is 6.21. The molecule has 16 heavy (non-hydrogen) atoms. The number of thiophene rings is 1. The molecule has 0 aromatic carbocycles. The van der Waals surface area contributed by atoms with E-state index < -0.39 is 0 Å². The van der Waals surface area contributed by atoms with Gasteiger partial charge >= 0.3 is 0 Å². The molecule has 2 rings (SSSR count). The second-order valence-electron chi connectivity index (χ2n) is 3.64. The van der Waals surface area contributed by atoms with E-state index in [2.05, 4.69) is 29.0 Å². The zero-order valence-electron chi connectivity index (χ0n) is 9.26. The molecule has 0 saturated heterocycles. The maximum Gasteiger partial charge on any atom is 0.145 e. The van der Waals surface area contributed by atoms with Gasteiger partial charge in [0.15, 0.2) is 0 Å². The van der Waals surface area contributed by atoms with Crippen molar-refractivity contribution >= 4 is 11.3 Å². The Labute approximate surface area is 99.4 Å². The third-order valence-corrected chi connectivity index (χ3v) is 3.66. The van der Waals surface area contributed by atoms with E-state index >= 15 is 0 Å². The van der Waals surface area contributed by atoms with Crippen molar-refractivity contribution in [1.82, 2.24) is 9.97 Å². The van der Waals surface area contributed by atoms with Crippen molar-refractivity contribution < 1.29 is 0 Å². The molecule has 1 atom stereocenters. The number of aryl methyl sites for hydroxylation is 1. The third-order valence-electron chi connectivity index (χ3n) is 2.40. The van der Waals surface area contributed by atoms with Crippen molar-refractivity contribution in [2.24, 2.45) is 5.73 Å². The lowest BCUT2D eigenvalue weighted by Gasteiger charge is -2.07. The molecule has 0 aliphatic rings. The number of aromatic nitrogens is 2. The van der Waals surface area contributed by atoms with Crippen LogP contribution in [0, 0.1) is 0 Å². The van der Waals surface area contributed by atoms with Crippen LogP contribution in [-0.2, 0) is 12.8 Å². The monoisotopic (exact) mass is 233 g/mol. The Kier molecular flexibility index (Phi) is 3.64. The maximum absolute atomic E-state index is 6.06. The van der Waals surface area contributed by atoms with Gasteiger partial charge in [-0.1, -0.05) is 6.92 Å². The minimum absolute atomic E-state index is 0.107. The number of rotatable bonds is 4. The molecule has 0 bridgehead atoms. The van der Waals surface area contributed by atoms with Crippen LogP contribution in [0.3, 0.4) is 0 Å². The molecule has 2 heterocycles. The molecule has 0 fully saturated rings. The number of hydrogen-bond donors (Lipinski definition) is 1. The van der Waals surface area contributed by atoms with E-state index in [1.54, 1.807) is 18.5 Å². The lowest BCUT2D eigenvalue weighted by atomic mass is 10.2. The summed E-state index contributed by atoms with van der Waals surface area (Å²) in [6, 6.07) is 6.01. The van der Waals surface area contributed by atoms with Crippen LogP contribution in [0.4, 0.5) is 0 Å². The van der Waals surface area contributed by atoms with E-state index in [0.717, 1.165) is 12.8 Å². The Hall–Kier alpha value is -1.26. The Bertz CT molecular complexity index is 439. The van der Waals surface area contributed by atoms with Gasteiger partial charge in [0.1, 0.15) is 5.82 Å². The second kappa shape index (κ2) is 5.18. The molecule has 2 aromatic heterocycles. The molecule has 2 aromatic rings. The molecule has 3 nitrogen and oxygen atoms in total. The van der Waals surface area contributed by atoms with Gasteiger partial charge in [0, 0.05) is 28.6 Å². The van der Waals surface area contributed by atoms with Crippen molar-refractivity contribution in [3.05, 3.63) is 46.2 Å². The quantitative estimate of drug-likeness (QED) is 0.882. The summed E-state index contributed by atoms with van der Waals surface area (Å²) in [4.78, 5) is 11.0. The SMILES string of the molecule is CCc1ccc(CC(N)c2ncccn2)s1. The fourth-order valence-electron chi connectivity index (χ4n) is 1.53. The first-order chi connectivity index (χ1) is 7.79. The predicted molar refractivity (Wildman–Crippen MR) is 66.4 cm³/mol. The van der Waals surface area contributed by atoms with Gasteiger partial charge in [-0.2, -0.15) is 0 Å². The molecule has 0 amide bonds. The van der Waals surface area contributed by atoms with Crippen LogP contribution in [0.1, 0.15) is 28.5 Å². The molecule has 2 N–H and O–H groups in total. The third kappa shape index (κ3) is 2.65. The summed E-state index contributed by atoms with van der Waals surface area (Å²) < 4.78 is 0. The average Bonchev–Trinajstić information content (AvgIpc) is 2.78. The molecule has 0 saturated carbocycles. The summed E-state index contributed by atoms with van der Waals surface area (Å²) in [5, 5.41) is 0. The number of nitrogens with zero attached hydrogens (tertiary/aromatic N) is 2. The van der Waals surface area contributed by atoms with E-state index in [9.17, 15) is 0 Å². The summed E-state index contributed by atoms with van der Waals surface area (Å²) in [5.41, 5.74) is 6.06. The molecule has 4 heteroatoms. The standard InChI is InChI=1S/C12H15N3S/c1-2-9-4-5-10(16-9)8-11(13)12-14-6-3-7-15-12/h3-7,11H,2,8,13H2,1H3. The predicted octanol–water partition coefficient (Wildman–Crippen LogP) is 2.34. The molecular weight excluding hydrogens is 218 g/mol. The molecule has 0 aliphatic carbocycles. The molecular formula is C12H15N3S. The molecule has 0 aliphatic heterocycles. The first-order valence-electron chi connectivity index (χ1n) is 5.39. The first kappa shape index (κ1) is 11.2. The average molecular weight is 233 g/mol. The lowest BCUT2D eigenvalue weighted by Crippen LogP contribution is -2.15. The topological polar surface area (TPSA) is 51.8 Å². The van der Waals surface area contributed by atoms with Gasteiger partial charge in [-0.3, -0.25) is 0 Å². The van der Waals surface area contributed by atoms with Gasteiger partial charge in [-0.05, 0) is 24.6 Å². The van der Waals surface area contributed by atoms with E-state index in [-0.39, 0.29) is 6.04 Å². The highest BCUT2D eigenvalue weighted by molar-refractivity contribution is 7.11. The minimum atomic E-state index is -0.107. The van der Waals surface area contributed by atoms with Crippen LogP contribution in [0.15, 0.2) is 30.6 Å². The number of hydrogen-bond acceptors (Lipinski definition) is 4. The minimum Gasteiger partial charge on any atom is -0.321 e. The number of nitrogens with two attached hydrogens (primary N) is 1. The van der Waals surface area contributed by atoms with Gasteiger partial charge in [0.05, 0.1) is 6.04 Å². The van der Waals surface area contributed by atoms with E-state index in [1.165, 1.54) is 9.75 Å². The Balaban J connectivity index is 2.05. The van der Waals surface area contributed by atoms with Crippen LogP contribution >= 0.6 is 11.3 Å². The summed E-state index contributed by atoms with van der Waals surface area (Å²) >= 11 is 1.82. The second-order valence-corrected chi connectivity index (χ2v) is 4.89. The highest BCUT2D eigenvalue weighted by atomic mass is 32.1. The van der Waals surface area contributed by atoms with Gasteiger partial charge in [0.2, 0.25) is 0 Å². The van der Waals surface area contributed by atoms with Crippen molar-refractivity contribution in [3.8, 4) is 0 Å². The zero-order valence-corrected chi connectivity index (χ0v) is 10.1. The van der Waals surface area contributed by atoms with Crippen LogP contribution in [0.25, 0.3) is 0 Å². The van der Waals surface area contributed by atoms with Crippen molar-refractivity contribution in [3.63, 3.8) is 0 Å². The normalized spacial score (nSPS) is 12.6. The molecule has 1 unspecified atom stereocenters. The van der Waals surface area contributed by atoms with Crippen molar-refractivity contribution in [2.75, 3.05) is 0 Å². The fourth-order valence-corrected chi connectivity index (χ4v) is 2.55. The summed E-state index contributed by atoms with van der Waals surface area (Å²) in [6.45, 7) is 2.16.